The van der Waals surface area contributed by atoms with Crippen LogP contribution in [0.15, 0.2) is 36.7 Å². The Labute approximate surface area is 171 Å². The lowest BCUT2D eigenvalue weighted by Gasteiger charge is -2.32. The molecular weight excluding hydrogens is 368 g/mol. The van der Waals surface area contributed by atoms with Gasteiger partial charge in [-0.2, -0.15) is 0 Å². The van der Waals surface area contributed by atoms with Gasteiger partial charge in [0.2, 0.25) is 0 Å². The molecule has 2 aromatic rings. The van der Waals surface area contributed by atoms with Crippen LogP contribution in [0.1, 0.15) is 18.4 Å². The highest BCUT2D eigenvalue weighted by atomic mass is 16.5. The zero-order chi connectivity index (χ0) is 19.9. The van der Waals surface area contributed by atoms with Crippen molar-refractivity contribution in [3.05, 3.63) is 42.2 Å². The van der Waals surface area contributed by atoms with E-state index in [1.807, 2.05) is 27.9 Å². The largest absolute Gasteiger partial charge is 0.379 e. The van der Waals surface area contributed by atoms with Gasteiger partial charge in [0.1, 0.15) is 0 Å². The van der Waals surface area contributed by atoms with Crippen molar-refractivity contribution in [2.45, 2.75) is 25.8 Å². The number of benzene rings is 1. The smallest absolute Gasteiger partial charge is 0.321 e. The molecule has 0 spiro atoms. The predicted molar refractivity (Wildman–Crippen MR) is 111 cm³/mol. The molecule has 1 atom stereocenters. The second-order valence-corrected chi connectivity index (χ2v) is 7.91. The summed E-state index contributed by atoms with van der Waals surface area (Å²) in [6.07, 6.45) is 6.72. The van der Waals surface area contributed by atoms with E-state index in [1.54, 1.807) is 6.20 Å². The Balaban J connectivity index is 1.24. The van der Waals surface area contributed by atoms with Gasteiger partial charge >= 0.3 is 6.03 Å². The average molecular weight is 399 g/mol. The van der Waals surface area contributed by atoms with Crippen LogP contribution in [-0.4, -0.2) is 76.8 Å². The number of aromatic nitrogens is 3. The van der Waals surface area contributed by atoms with Gasteiger partial charge in [0.25, 0.3) is 0 Å². The van der Waals surface area contributed by atoms with Crippen LogP contribution in [0, 0.1) is 5.92 Å². The zero-order valence-corrected chi connectivity index (χ0v) is 16.9. The molecule has 0 bridgehead atoms. The fourth-order valence-corrected chi connectivity index (χ4v) is 4.06. The molecule has 2 saturated heterocycles. The minimum absolute atomic E-state index is 0.0191. The SMILES string of the molecule is O=C(Nc1ccc(CCN2CCOCC2)cc1)N1CCCC(Cn2ccnn2)C1. The Hall–Kier alpha value is -2.45. The number of morpholine rings is 1. The molecule has 8 heteroatoms. The van der Waals surface area contributed by atoms with Crippen molar-refractivity contribution >= 4 is 11.7 Å². The number of rotatable bonds is 6. The lowest BCUT2D eigenvalue weighted by atomic mass is 9.98. The third-order valence-corrected chi connectivity index (χ3v) is 5.75. The minimum atomic E-state index is -0.0191. The molecule has 29 heavy (non-hydrogen) atoms. The molecule has 1 aromatic heterocycles. The molecule has 2 aliphatic rings. The second kappa shape index (κ2) is 9.84. The summed E-state index contributed by atoms with van der Waals surface area (Å²) >= 11 is 0. The number of likely N-dealkylation sites (tertiary alicyclic amines) is 1. The molecule has 1 unspecified atom stereocenters. The average Bonchev–Trinajstić information content (AvgIpc) is 3.27. The fraction of sp³-hybridized carbons (Fsp3) is 0.571. The Morgan fingerprint density at radius 2 is 2.00 bits per heavy atom. The van der Waals surface area contributed by atoms with E-state index in [0.29, 0.717) is 5.92 Å². The van der Waals surface area contributed by atoms with Gasteiger partial charge in [0.05, 0.1) is 19.4 Å². The lowest BCUT2D eigenvalue weighted by Crippen LogP contribution is -2.43. The lowest BCUT2D eigenvalue weighted by molar-refractivity contribution is 0.0384. The van der Waals surface area contributed by atoms with Gasteiger partial charge in [-0.3, -0.25) is 9.58 Å². The van der Waals surface area contributed by atoms with Crippen molar-refractivity contribution in [1.82, 2.24) is 24.8 Å². The Kier molecular flexibility index (Phi) is 6.74. The highest BCUT2D eigenvalue weighted by Gasteiger charge is 2.24. The van der Waals surface area contributed by atoms with Crippen LogP contribution < -0.4 is 5.32 Å². The first-order valence-electron chi connectivity index (χ1n) is 10.6. The van der Waals surface area contributed by atoms with Gasteiger partial charge in [-0.15, -0.1) is 5.10 Å². The number of nitrogens with zero attached hydrogens (tertiary/aromatic N) is 5. The number of carbonyl (C=O) groups excluding carboxylic acids is 1. The zero-order valence-electron chi connectivity index (χ0n) is 16.9. The monoisotopic (exact) mass is 398 g/mol. The Morgan fingerprint density at radius 3 is 2.76 bits per heavy atom. The summed E-state index contributed by atoms with van der Waals surface area (Å²) in [5.41, 5.74) is 2.14. The van der Waals surface area contributed by atoms with Gasteiger partial charge < -0.3 is 15.0 Å². The number of piperidine rings is 1. The molecule has 4 rings (SSSR count). The highest BCUT2D eigenvalue weighted by Crippen LogP contribution is 2.19. The minimum Gasteiger partial charge on any atom is -0.379 e. The first-order valence-corrected chi connectivity index (χ1v) is 10.6. The van der Waals surface area contributed by atoms with E-state index < -0.39 is 0 Å². The summed E-state index contributed by atoms with van der Waals surface area (Å²) in [6, 6.07) is 8.21. The molecule has 0 aliphatic carbocycles. The molecule has 2 fully saturated rings. The third-order valence-electron chi connectivity index (χ3n) is 5.75. The van der Waals surface area contributed by atoms with Gasteiger partial charge in [-0.05, 0) is 42.9 Å². The summed E-state index contributed by atoms with van der Waals surface area (Å²) in [4.78, 5) is 17.0. The summed E-state index contributed by atoms with van der Waals surface area (Å²) in [5.74, 6) is 0.416. The summed E-state index contributed by atoms with van der Waals surface area (Å²) in [5, 5.41) is 10.9. The predicted octanol–water partition coefficient (Wildman–Crippen LogP) is 2.10. The van der Waals surface area contributed by atoms with Crippen molar-refractivity contribution in [3.8, 4) is 0 Å². The van der Waals surface area contributed by atoms with Gasteiger partial charge in [-0.1, -0.05) is 17.3 Å². The summed E-state index contributed by atoms with van der Waals surface area (Å²) in [7, 11) is 0. The number of amides is 2. The first-order chi connectivity index (χ1) is 14.3. The maximum atomic E-state index is 12.7. The highest BCUT2D eigenvalue weighted by molar-refractivity contribution is 5.89. The van der Waals surface area contributed by atoms with Crippen LogP contribution >= 0.6 is 0 Å². The van der Waals surface area contributed by atoms with Crippen molar-refractivity contribution in [2.24, 2.45) is 5.92 Å². The van der Waals surface area contributed by atoms with Crippen LogP contribution in [0.4, 0.5) is 10.5 Å². The molecule has 156 valence electrons. The van der Waals surface area contributed by atoms with E-state index in [-0.39, 0.29) is 6.03 Å². The first kappa shape index (κ1) is 19.8. The van der Waals surface area contributed by atoms with E-state index in [1.165, 1.54) is 5.56 Å². The maximum absolute atomic E-state index is 12.7. The normalized spacial score (nSPS) is 20.6. The molecular formula is C21H30N6O2. The van der Waals surface area contributed by atoms with Crippen LogP contribution in [-0.2, 0) is 17.7 Å². The number of hydrogen-bond acceptors (Lipinski definition) is 5. The van der Waals surface area contributed by atoms with E-state index in [4.69, 9.17) is 4.74 Å². The van der Waals surface area contributed by atoms with Gasteiger partial charge in [0, 0.05) is 51.2 Å². The van der Waals surface area contributed by atoms with Crippen molar-refractivity contribution in [1.29, 1.82) is 0 Å². The number of nitrogens with one attached hydrogen (secondary N) is 1. The summed E-state index contributed by atoms with van der Waals surface area (Å²) < 4.78 is 7.24. The number of hydrogen-bond donors (Lipinski definition) is 1. The van der Waals surface area contributed by atoms with E-state index in [0.717, 1.165) is 77.4 Å². The number of anilines is 1. The molecule has 1 N–H and O–H groups in total. The molecule has 1 aromatic carbocycles. The molecule has 8 nitrogen and oxygen atoms in total. The Morgan fingerprint density at radius 1 is 1.17 bits per heavy atom. The quantitative estimate of drug-likeness (QED) is 0.807. The number of ether oxygens (including phenoxy) is 1. The van der Waals surface area contributed by atoms with E-state index in [9.17, 15) is 4.79 Å². The van der Waals surface area contributed by atoms with Gasteiger partial charge in [0.15, 0.2) is 0 Å². The van der Waals surface area contributed by atoms with Crippen molar-refractivity contribution in [3.63, 3.8) is 0 Å². The molecule has 0 radical (unpaired) electrons. The van der Waals surface area contributed by atoms with E-state index in [2.05, 4.69) is 32.7 Å². The van der Waals surface area contributed by atoms with Crippen molar-refractivity contribution < 1.29 is 9.53 Å². The Bertz CT molecular complexity index is 758. The van der Waals surface area contributed by atoms with Crippen molar-refractivity contribution in [2.75, 3.05) is 51.3 Å². The fourth-order valence-electron chi connectivity index (χ4n) is 4.06. The number of urea groups is 1. The maximum Gasteiger partial charge on any atom is 0.321 e. The van der Waals surface area contributed by atoms with Crippen LogP contribution in [0.2, 0.25) is 0 Å². The van der Waals surface area contributed by atoms with Crippen LogP contribution in [0.25, 0.3) is 0 Å². The van der Waals surface area contributed by atoms with Gasteiger partial charge in [-0.25, -0.2) is 4.79 Å². The molecule has 0 saturated carbocycles. The molecule has 2 amide bonds. The molecule has 3 heterocycles. The van der Waals surface area contributed by atoms with Crippen LogP contribution in [0.5, 0.6) is 0 Å². The third kappa shape index (κ3) is 5.77. The standard InChI is InChI=1S/C21H30N6O2/c28-21(26-9-1-2-19(16-26)17-27-11-8-22-24-27)23-20-5-3-18(4-6-20)7-10-25-12-14-29-15-13-25/h3-6,8,11,19H,1-2,7,9-10,12-17H2,(H,23,28). The number of carbonyl (C=O) groups is 1. The molecule has 2 aliphatic heterocycles. The second-order valence-electron chi connectivity index (χ2n) is 7.91. The van der Waals surface area contributed by atoms with Crippen LogP contribution in [0.3, 0.4) is 0 Å². The topological polar surface area (TPSA) is 75.5 Å². The summed E-state index contributed by atoms with van der Waals surface area (Å²) in [6.45, 7) is 7.12. The van der Waals surface area contributed by atoms with E-state index >= 15 is 0 Å².